The van der Waals surface area contributed by atoms with Crippen molar-refractivity contribution < 1.29 is 0 Å². The van der Waals surface area contributed by atoms with Gasteiger partial charge in [0.2, 0.25) is 0 Å². The van der Waals surface area contributed by atoms with E-state index in [-0.39, 0.29) is 0 Å². The summed E-state index contributed by atoms with van der Waals surface area (Å²) >= 11 is 0. The predicted octanol–water partition coefficient (Wildman–Crippen LogP) is 4.39. The largest absolute Gasteiger partial charge is 0.330 e. The highest BCUT2D eigenvalue weighted by atomic mass is 14.6. The molecule has 0 radical (unpaired) electrons. The number of hydrogen-bond donors (Lipinski definition) is 1. The van der Waals surface area contributed by atoms with E-state index < -0.39 is 0 Å². The van der Waals surface area contributed by atoms with Gasteiger partial charge < -0.3 is 5.73 Å². The van der Waals surface area contributed by atoms with Gasteiger partial charge in [-0.25, -0.2) is 0 Å². The van der Waals surface area contributed by atoms with E-state index in [0.29, 0.717) is 5.41 Å². The van der Waals surface area contributed by atoms with Crippen LogP contribution < -0.4 is 5.73 Å². The molecule has 0 spiro atoms. The fourth-order valence-corrected chi connectivity index (χ4v) is 3.95. The van der Waals surface area contributed by atoms with E-state index >= 15 is 0 Å². The SMILES string of the molecule is CCC1CCCC(CN)(Cc2cc(C)cc(C)c2)C1. The van der Waals surface area contributed by atoms with Crippen molar-refractivity contribution in [2.75, 3.05) is 6.54 Å². The standard InChI is InChI=1S/C18H29N/c1-4-16-6-5-7-18(11-16,13-19)12-17-9-14(2)8-15(3)10-17/h8-10,16H,4-7,11-13,19H2,1-3H3. The molecule has 2 unspecified atom stereocenters. The van der Waals surface area contributed by atoms with Gasteiger partial charge >= 0.3 is 0 Å². The number of hydrogen-bond acceptors (Lipinski definition) is 1. The second-order valence-corrected chi connectivity index (χ2v) is 6.75. The zero-order chi connectivity index (χ0) is 13.9. The van der Waals surface area contributed by atoms with Gasteiger partial charge in [0.1, 0.15) is 0 Å². The Morgan fingerprint density at radius 3 is 2.47 bits per heavy atom. The molecule has 1 nitrogen and oxygen atoms in total. The minimum Gasteiger partial charge on any atom is -0.330 e. The maximum absolute atomic E-state index is 6.18. The smallest absolute Gasteiger partial charge is 0.00172 e. The summed E-state index contributed by atoms with van der Waals surface area (Å²) in [5.74, 6) is 0.892. The van der Waals surface area contributed by atoms with Crippen LogP contribution in [0.15, 0.2) is 18.2 Å². The molecule has 1 aromatic rings. The van der Waals surface area contributed by atoms with Crippen LogP contribution in [0.5, 0.6) is 0 Å². The molecule has 19 heavy (non-hydrogen) atoms. The van der Waals surface area contributed by atoms with Gasteiger partial charge in [0.25, 0.3) is 0 Å². The summed E-state index contributed by atoms with van der Waals surface area (Å²) in [4.78, 5) is 0. The molecular weight excluding hydrogens is 230 g/mol. The van der Waals surface area contributed by atoms with E-state index in [1.54, 1.807) is 0 Å². The number of benzene rings is 1. The fourth-order valence-electron chi connectivity index (χ4n) is 3.95. The Balaban J connectivity index is 2.17. The molecule has 0 heterocycles. The van der Waals surface area contributed by atoms with Crippen molar-refractivity contribution in [3.05, 3.63) is 34.9 Å². The van der Waals surface area contributed by atoms with Gasteiger partial charge in [-0.3, -0.25) is 0 Å². The summed E-state index contributed by atoms with van der Waals surface area (Å²) in [6.07, 6.45) is 7.89. The Morgan fingerprint density at radius 2 is 1.89 bits per heavy atom. The maximum atomic E-state index is 6.18. The minimum atomic E-state index is 0.360. The van der Waals surface area contributed by atoms with Gasteiger partial charge in [0.05, 0.1) is 0 Å². The van der Waals surface area contributed by atoms with Crippen LogP contribution in [0.2, 0.25) is 0 Å². The molecule has 1 saturated carbocycles. The van der Waals surface area contributed by atoms with Crippen molar-refractivity contribution >= 4 is 0 Å². The zero-order valence-corrected chi connectivity index (χ0v) is 12.8. The van der Waals surface area contributed by atoms with Crippen LogP contribution in [0.4, 0.5) is 0 Å². The Morgan fingerprint density at radius 1 is 1.21 bits per heavy atom. The highest BCUT2D eigenvalue weighted by molar-refractivity contribution is 5.29. The van der Waals surface area contributed by atoms with Crippen LogP contribution in [0.1, 0.15) is 55.7 Å². The van der Waals surface area contributed by atoms with Gasteiger partial charge in [0, 0.05) is 0 Å². The maximum Gasteiger partial charge on any atom is -0.00172 e. The van der Waals surface area contributed by atoms with Crippen molar-refractivity contribution in [1.29, 1.82) is 0 Å². The lowest BCUT2D eigenvalue weighted by molar-refractivity contribution is 0.142. The first-order valence-corrected chi connectivity index (χ1v) is 7.84. The minimum absolute atomic E-state index is 0.360. The normalized spacial score (nSPS) is 27.5. The molecule has 106 valence electrons. The van der Waals surface area contributed by atoms with Gasteiger partial charge in [0.15, 0.2) is 0 Å². The van der Waals surface area contributed by atoms with Crippen molar-refractivity contribution in [3.63, 3.8) is 0 Å². The molecule has 2 atom stereocenters. The molecular formula is C18H29N. The van der Waals surface area contributed by atoms with Crippen molar-refractivity contribution in [2.45, 2.75) is 59.3 Å². The lowest BCUT2D eigenvalue weighted by Gasteiger charge is -2.40. The summed E-state index contributed by atoms with van der Waals surface area (Å²) in [5.41, 5.74) is 10.8. The summed E-state index contributed by atoms with van der Waals surface area (Å²) < 4.78 is 0. The molecule has 0 bridgehead atoms. The molecule has 0 aromatic heterocycles. The first-order chi connectivity index (χ1) is 9.07. The van der Waals surface area contributed by atoms with E-state index in [0.717, 1.165) is 12.5 Å². The number of rotatable bonds is 4. The first-order valence-electron chi connectivity index (χ1n) is 7.84. The summed E-state index contributed by atoms with van der Waals surface area (Å²) in [5, 5.41) is 0. The van der Waals surface area contributed by atoms with Gasteiger partial charge in [-0.1, -0.05) is 55.5 Å². The third-order valence-electron chi connectivity index (χ3n) is 4.91. The highest BCUT2D eigenvalue weighted by Crippen LogP contribution is 2.42. The summed E-state index contributed by atoms with van der Waals surface area (Å²) in [6.45, 7) is 7.56. The zero-order valence-electron chi connectivity index (χ0n) is 12.8. The molecule has 1 aromatic carbocycles. The van der Waals surface area contributed by atoms with E-state index in [1.807, 2.05) is 0 Å². The van der Waals surface area contributed by atoms with Crippen LogP contribution in [-0.4, -0.2) is 6.54 Å². The Kier molecular flexibility index (Phi) is 4.67. The van der Waals surface area contributed by atoms with Gasteiger partial charge in [-0.15, -0.1) is 0 Å². The third kappa shape index (κ3) is 3.60. The van der Waals surface area contributed by atoms with Gasteiger partial charge in [-0.05, 0) is 56.6 Å². The van der Waals surface area contributed by atoms with Crippen LogP contribution in [0, 0.1) is 25.2 Å². The lowest BCUT2D eigenvalue weighted by Crippen LogP contribution is -2.37. The van der Waals surface area contributed by atoms with Crippen LogP contribution in [0.3, 0.4) is 0 Å². The molecule has 2 rings (SSSR count). The fraction of sp³-hybridized carbons (Fsp3) is 0.667. The van der Waals surface area contributed by atoms with Crippen molar-refractivity contribution in [1.82, 2.24) is 0 Å². The molecule has 0 aliphatic heterocycles. The molecule has 1 aliphatic rings. The average Bonchev–Trinajstić information content (AvgIpc) is 2.37. The van der Waals surface area contributed by atoms with Crippen molar-refractivity contribution in [2.24, 2.45) is 17.1 Å². The molecule has 0 saturated heterocycles. The van der Waals surface area contributed by atoms with E-state index in [2.05, 4.69) is 39.0 Å². The highest BCUT2D eigenvalue weighted by Gasteiger charge is 2.34. The summed E-state index contributed by atoms with van der Waals surface area (Å²) in [6, 6.07) is 6.95. The average molecular weight is 259 g/mol. The quantitative estimate of drug-likeness (QED) is 0.852. The van der Waals surface area contributed by atoms with E-state index in [1.165, 1.54) is 55.2 Å². The molecule has 1 fully saturated rings. The first kappa shape index (κ1) is 14.6. The van der Waals surface area contributed by atoms with Gasteiger partial charge in [-0.2, -0.15) is 0 Å². The number of aryl methyl sites for hydroxylation is 2. The van der Waals surface area contributed by atoms with Crippen LogP contribution in [-0.2, 0) is 6.42 Å². The Labute approximate surface area is 118 Å². The predicted molar refractivity (Wildman–Crippen MR) is 83.4 cm³/mol. The monoisotopic (exact) mass is 259 g/mol. The second kappa shape index (κ2) is 6.09. The topological polar surface area (TPSA) is 26.0 Å². The number of nitrogens with two attached hydrogens (primary N) is 1. The molecule has 0 amide bonds. The van der Waals surface area contributed by atoms with Crippen molar-refractivity contribution in [3.8, 4) is 0 Å². The Bertz CT molecular complexity index is 403. The molecule has 2 N–H and O–H groups in total. The van der Waals surface area contributed by atoms with E-state index in [9.17, 15) is 0 Å². The van der Waals surface area contributed by atoms with E-state index in [4.69, 9.17) is 5.73 Å². The van der Waals surface area contributed by atoms with Crippen LogP contribution in [0.25, 0.3) is 0 Å². The second-order valence-electron chi connectivity index (χ2n) is 6.75. The Hall–Kier alpha value is -0.820. The lowest BCUT2D eigenvalue weighted by atomic mass is 9.66. The molecule has 1 aliphatic carbocycles. The molecule has 1 heteroatoms. The summed E-state index contributed by atoms with van der Waals surface area (Å²) in [7, 11) is 0. The third-order valence-corrected chi connectivity index (χ3v) is 4.91. The van der Waals surface area contributed by atoms with Crippen LogP contribution >= 0.6 is 0 Å².